The van der Waals surface area contributed by atoms with Crippen molar-refractivity contribution in [2.24, 2.45) is 5.92 Å². The zero-order valence-corrected chi connectivity index (χ0v) is 12.1. The summed E-state index contributed by atoms with van der Waals surface area (Å²) in [5.41, 5.74) is 0.835. The minimum atomic E-state index is -0.311. The number of piperidine rings is 1. The van der Waals surface area contributed by atoms with Crippen LogP contribution in [0.5, 0.6) is 0 Å². The van der Waals surface area contributed by atoms with E-state index < -0.39 is 0 Å². The van der Waals surface area contributed by atoms with Gasteiger partial charge in [0.1, 0.15) is 0 Å². The van der Waals surface area contributed by atoms with Crippen LogP contribution in [-0.4, -0.2) is 30.9 Å². The number of hydrogen-bond acceptors (Lipinski definition) is 2. The van der Waals surface area contributed by atoms with E-state index in [1.807, 2.05) is 18.2 Å². The highest BCUT2D eigenvalue weighted by molar-refractivity contribution is 5.79. The highest BCUT2D eigenvalue weighted by Crippen LogP contribution is 2.22. The third-order valence-electron chi connectivity index (χ3n) is 3.93. The fraction of sp³-hybridized carbons (Fsp3) is 0.562. The molecule has 3 heteroatoms. The van der Waals surface area contributed by atoms with Gasteiger partial charge in [-0.2, -0.15) is 0 Å². The number of nitrogens with zero attached hydrogens (tertiary/aromatic N) is 1. The molecule has 1 N–H and O–H groups in total. The molecule has 19 heavy (non-hydrogen) atoms. The van der Waals surface area contributed by atoms with Gasteiger partial charge in [0, 0.05) is 6.54 Å². The van der Waals surface area contributed by atoms with Crippen molar-refractivity contribution in [3.05, 3.63) is 35.9 Å². The summed E-state index contributed by atoms with van der Waals surface area (Å²) in [6.07, 6.45) is 2.11. The lowest BCUT2D eigenvalue weighted by Gasteiger charge is -2.33. The zero-order valence-electron chi connectivity index (χ0n) is 12.1. The van der Waals surface area contributed by atoms with Gasteiger partial charge < -0.3 is 10.2 Å². The fourth-order valence-electron chi connectivity index (χ4n) is 2.72. The second-order valence-electron chi connectivity index (χ2n) is 6.08. The third kappa shape index (κ3) is 3.57. The van der Waals surface area contributed by atoms with Gasteiger partial charge in [0.15, 0.2) is 0 Å². The number of nitrogens with one attached hydrogen (secondary N) is 1. The molecule has 1 fully saturated rings. The summed E-state index contributed by atoms with van der Waals surface area (Å²) >= 11 is 0. The van der Waals surface area contributed by atoms with Gasteiger partial charge in [-0.15, -0.1) is 0 Å². The van der Waals surface area contributed by atoms with E-state index in [9.17, 15) is 4.79 Å². The second-order valence-corrected chi connectivity index (χ2v) is 6.08. The van der Waals surface area contributed by atoms with Crippen molar-refractivity contribution in [1.29, 1.82) is 0 Å². The van der Waals surface area contributed by atoms with Gasteiger partial charge in [-0.3, -0.25) is 4.79 Å². The Balaban J connectivity index is 2.01. The highest BCUT2D eigenvalue weighted by atomic mass is 16.2. The monoisotopic (exact) mass is 260 g/mol. The van der Waals surface area contributed by atoms with Crippen LogP contribution in [0.4, 0.5) is 0 Å². The second kappa shape index (κ2) is 5.74. The number of carbonyl (C=O) groups excluding carboxylic acids is 1. The number of amides is 1. The van der Waals surface area contributed by atoms with Crippen LogP contribution in [0.2, 0.25) is 0 Å². The lowest BCUT2D eigenvalue weighted by atomic mass is 9.91. The van der Waals surface area contributed by atoms with Crippen molar-refractivity contribution in [3.8, 4) is 0 Å². The third-order valence-corrected chi connectivity index (χ3v) is 3.93. The molecule has 0 aliphatic carbocycles. The van der Waals surface area contributed by atoms with E-state index in [1.165, 1.54) is 0 Å². The molecular formula is C16H24N2O. The van der Waals surface area contributed by atoms with E-state index in [0.29, 0.717) is 0 Å². The molecule has 1 saturated heterocycles. The van der Waals surface area contributed by atoms with Gasteiger partial charge in [0.25, 0.3) is 0 Å². The molecule has 0 unspecified atom stereocenters. The van der Waals surface area contributed by atoms with Crippen LogP contribution in [0.3, 0.4) is 0 Å². The van der Waals surface area contributed by atoms with Gasteiger partial charge in [0.2, 0.25) is 5.91 Å². The molecule has 1 aliphatic heterocycles. The Labute approximate surface area is 116 Å². The maximum atomic E-state index is 12.4. The number of carbonyl (C=O) groups is 1. The molecule has 0 saturated carbocycles. The predicted molar refractivity (Wildman–Crippen MR) is 77.8 cm³/mol. The largest absolute Gasteiger partial charge is 0.347 e. The molecular weight excluding hydrogens is 236 g/mol. The molecule has 3 nitrogen and oxygen atoms in total. The standard InChI is InChI=1S/C16H24N2O/c1-16(2,14-9-5-4-6-10-14)17-15(19)13-8-7-11-18(3)12-13/h4-6,9-10,13H,7-8,11-12H2,1-3H3,(H,17,19)/t13-/m0/s1. The first-order valence-electron chi connectivity index (χ1n) is 7.05. The van der Waals surface area contributed by atoms with Crippen LogP contribution in [0, 0.1) is 5.92 Å². The summed E-state index contributed by atoms with van der Waals surface area (Å²) in [5.74, 6) is 0.308. The minimum absolute atomic E-state index is 0.127. The van der Waals surface area contributed by atoms with E-state index in [-0.39, 0.29) is 17.4 Å². The minimum Gasteiger partial charge on any atom is -0.347 e. The van der Waals surface area contributed by atoms with Gasteiger partial charge in [-0.05, 0) is 45.8 Å². The first-order chi connectivity index (χ1) is 8.99. The summed E-state index contributed by atoms with van der Waals surface area (Å²) in [7, 11) is 2.09. The molecule has 1 aliphatic rings. The summed E-state index contributed by atoms with van der Waals surface area (Å²) < 4.78 is 0. The topological polar surface area (TPSA) is 32.3 Å². The summed E-state index contributed by atoms with van der Waals surface area (Å²) in [4.78, 5) is 14.6. The predicted octanol–water partition coefficient (Wildman–Crippen LogP) is 2.38. The molecule has 0 bridgehead atoms. The maximum Gasteiger partial charge on any atom is 0.225 e. The fourth-order valence-corrected chi connectivity index (χ4v) is 2.72. The quantitative estimate of drug-likeness (QED) is 0.905. The van der Waals surface area contributed by atoms with Crippen LogP contribution < -0.4 is 5.32 Å². The van der Waals surface area contributed by atoms with Crippen LogP contribution >= 0.6 is 0 Å². The molecule has 1 aromatic carbocycles. The molecule has 1 amide bonds. The zero-order chi connectivity index (χ0) is 13.9. The van der Waals surface area contributed by atoms with E-state index in [0.717, 1.165) is 31.5 Å². The molecule has 0 radical (unpaired) electrons. The average Bonchev–Trinajstić information content (AvgIpc) is 2.39. The molecule has 0 aromatic heterocycles. The smallest absolute Gasteiger partial charge is 0.225 e. The number of hydrogen-bond donors (Lipinski definition) is 1. The first-order valence-corrected chi connectivity index (χ1v) is 7.05. The maximum absolute atomic E-state index is 12.4. The Morgan fingerprint density at radius 1 is 1.32 bits per heavy atom. The Morgan fingerprint density at radius 2 is 2.00 bits per heavy atom. The SMILES string of the molecule is CN1CCC[C@H](C(=O)NC(C)(C)c2ccccc2)C1. The lowest BCUT2D eigenvalue weighted by Crippen LogP contribution is -2.48. The van der Waals surface area contributed by atoms with Crippen LogP contribution in [0.15, 0.2) is 30.3 Å². The lowest BCUT2D eigenvalue weighted by molar-refractivity contribution is -0.128. The van der Waals surface area contributed by atoms with E-state index in [1.54, 1.807) is 0 Å². The Morgan fingerprint density at radius 3 is 2.63 bits per heavy atom. The van der Waals surface area contributed by atoms with Gasteiger partial charge in [0.05, 0.1) is 11.5 Å². The molecule has 0 spiro atoms. The Kier molecular flexibility index (Phi) is 4.25. The van der Waals surface area contributed by atoms with Crippen LogP contribution in [0.25, 0.3) is 0 Å². The number of likely N-dealkylation sites (tertiary alicyclic amines) is 1. The van der Waals surface area contributed by atoms with Gasteiger partial charge in [-0.1, -0.05) is 30.3 Å². The molecule has 1 atom stereocenters. The van der Waals surface area contributed by atoms with Gasteiger partial charge >= 0.3 is 0 Å². The van der Waals surface area contributed by atoms with E-state index in [2.05, 4.69) is 43.2 Å². The number of rotatable bonds is 3. The molecule has 104 valence electrons. The van der Waals surface area contributed by atoms with Gasteiger partial charge in [-0.25, -0.2) is 0 Å². The first kappa shape index (κ1) is 14.1. The van der Waals surface area contributed by atoms with Crippen molar-refractivity contribution in [1.82, 2.24) is 10.2 Å². The summed E-state index contributed by atoms with van der Waals surface area (Å²) in [6.45, 7) is 6.10. The van der Waals surface area contributed by atoms with E-state index in [4.69, 9.17) is 0 Å². The van der Waals surface area contributed by atoms with Crippen LogP contribution in [0.1, 0.15) is 32.3 Å². The Bertz CT molecular complexity index is 428. The summed E-state index contributed by atoms with van der Waals surface area (Å²) in [5, 5.41) is 3.20. The molecule has 2 rings (SSSR count). The average molecular weight is 260 g/mol. The number of benzene rings is 1. The normalized spacial score (nSPS) is 21.1. The van der Waals surface area contributed by atoms with Crippen LogP contribution in [-0.2, 0) is 10.3 Å². The van der Waals surface area contributed by atoms with Crippen molar-refractivity contribution in [2.45, 2.75) is 32.2 Å². The molecule has 1 heterocycles. The Hall–Kier alpha value is -1.35. The van der Waals surface area contributed by atoms with Crippen molar-refractivity contribution in [3.63, 3.8) is 0 Å². The molecule has 1 aromatic rings. The van der Waals surface area contributed by atoms with E-state index >= 15 is 0 Å². The summed E-state index contributed by atoms with van der Waals surface area (Å²) in [6, 6.07) is 10.1. The van der Waals surface area contributed by atoms with Crippen molar-refractivity contribution < 1.29 is 4.79 Å². The van der Waals surface area contributed by atoms with Crippen molar-refractivity contribution in [2.75, 3.05) is 20.1 Å². The highest BCUT2D eigenvalue weighted by Gasteiger charge is 2.29. The van der Waals surface area contributed by atoms with Crippen molar-refractivity contribution >= 4 is 5.91 Å².